The predicted octanol–water partition coefficient (Wildman–Crippen LogP) is 2.22. The van der Waals surface area contributed by atoms with Gasteiger partial charge in [0.1, 0.15) is 5.54 Å². The van der Waals surface area contributed by atoms with E-state index in [2.05, 4.69) is 16.0 Å². The quantitative estimate of drug-likeness (QED) is 0.776. The van der Waals surface area contributed by atoms with E-state index in [4.69, 9.17) is 0 Å². The molecule has 1 aliphatic rings. The molecule has 7 heteroatoms. The number of carbonyl (C=O) groups excluding carboxylic acids is 2. The van der Waals surface area contributed by atoms with Crippen LogP contribution in [0.5, 0.6) is 0 Å². The smallest absolute Gasteiger partial charge is 0.320 e. The van der Waals surface area contributed by atoms with Gasteiger partial charge in [0.15, 0.2) is 0 Å². The van der Waals surface area contributed by atoms with Crippen molar-refractivity contribution in [2.75, 3.05) is 25.5 Å². The van der Waals surface area contributed by atoms with Gasteiger partial charge in [0.25, 0.3) is 0 Å². The summed E-state index contributed by atoms with van der Waals surface area (Å²) in [5.41, 5.74) is -0.242. The molecule has 0 spiro atoms. The van der Waals surface area contributed by atoms with Crippen molar-refractivity contribution in [1.29, 1.82) is 0 Å². The molecule has 1 aliphatic heterocycles. The number of amides is 3. The van der Waals surface area contributed by atoms with E-state index in [1.807, 2.05) is 30.1 Å². The highest BCUT2D eigenvalue weighted by molar-refractivity contribution is 5.95. The molecule has 1 fully saturated rings. The summed E-state index contributed by atoms with van der Waals surface area (Å²) in [5.74, 6) is -0.0461. The number of rotatable bonds is 4. The van der Waals surface area contributed by atoms with Gasteiger partial charge in [0.05, 0.1) is 0 Å². The molecule has 3 amide bonds. The summed E-state index contributed by atoms with van der Waals surface area (Å²) in [7, 11) is 1.95. The van der Waals surface area contributed by atoms with Gasteiger partial charge in [-0.05, 0) is 45.9 Å². The molecule has 3 N–H and O–H groups in total. The van der Waals surface area contributed by atoms with Crippen LogP contribution in [0.4, 0.5) is 10.5 Å². The number of para-hydroxylation sites is 1. The predicted molar refractivity (Wildman–Crippen MR) is 98.6 cm³/mol. The third-order valence-electron chi connectivity index (χ3n) is 4.18. The van der Waals surface area contributed by atoms with Crippen LogP contribution < -0.4 is 16.0 Å². The number of nitrogens with zero attached hydrogens (tertiary/aromatic N) is 1. The van der Waals surface area contributed by atoms with Gasteiger partial charge in [-0.25, -0.2) is 4.79 Å². The summed E-state index contributed by atoms with van der Waals surface area (Å²) in [4.78, 5) is 26.6. The molecule has 134 valence electrons. The van der Waals surface area contributed by atoms with Gasteiger partial charge in [-0.1, -0.05) is 18.2 Å². The van der Waals surface area contributed by atoms with Gasteiger partial charge in [0, 0.05) is 24.8 Å². The molecular weight excluding hydrogens is 328 g/mol. The highest BCUT2D eigenvalue weighted by Crippen LogP contribution is 2.16. The zero-order valence-corrected chi connectivity index (χ0v) is 15.3. The number of likely N-dealkylation sites (tertiary alicyclic amines) is 1. The maximum Gasteiger partial charge on any atom is 0.320 e. The molecule has 2 rings (SSSR count). The molecule has 1 aromatic carbocycles. The van der Waals surface area contributed by atoms with Crippen LogP contribution in [-0.2, 0) is 4.79 Å². The van der Waals surface area contributed by atoms with E-state index < -0.39 is 5.54 Å². The molecule has 24 heavy (non-hydrogen) atoms. The lowest BCUT2D eigenvalue weighted by atomic mass is 9.99. The monoisotopic (exact) mass is 354 g/mol. The summed E-state index contributed by atoms with van der Waals surface area (Å²) in [6.07, 6.45) is 1.88. The lowest BCUT2D eigenvalue weighted by Gasteiger charge is -2.37. The fraction of sp³-hybridized carbons (Fsp3) is 0.529. The van der Waals surface area contributed by atoms with Crippen LogP contribution in [-0.4, -0.2) is 48.6 Å². The van der Waals surface area contributed by atoms with Crippen LogP contribution in [0.3, 0.4) is 0 Å². The number of anilines is 1. The summed E-state index contributed by atoms with van der Waals surface area (Å²) in [6, 6.07) is 9.27. The zero-order valence-electron chi connectivity index (χ0n) is 14.5. The Balaban J connectivity index is 0.00000288. The maximum atomic E-state index is 12.7. The van der Waals surface area contributed by atoms with Crippen molar-refractivity contribution >= 4 is 30.0 Å². The van der Waals surface area contributed by atoms with Crippen molar-refractivity contribution in [3.05, 3.63) is 30.3 Å². The highest BCUT2D eigenvalue weighted by atomic mass is 35.5. The van der Waals surface area contributed by atoms with E-state index in [-0.39, 0.29) is 24.3 Å². The summed E-state index contributed by atoms with van der Waals surface area (Å²) in [5, 5.41) is 8.76. The van der Waals surface area contributed by atoms with Crippen molar-refractivity contribution in [1.82, 2.24) is 15.5 Å². The Labute approximate surface area is 149 Å². The van der Waals surface area contributed by atoms with Gasteiger partial charge in [-0.2, -0.15) is 0 Å². The second-order valence-electron chi connectivity index (χ2n) is 6.43. The third kappa shape index (κ3) is 5.39. The Bertz CT molecular complexity index is 543. The molecule has 0 radical (unpaired) electrons. The Morgan fingerprint density at radius 2 is 1.71 bits per heavy atom. The van der Waals surface area contributed by atoms with Crippen molar-refractivity contribution in [3.8, 4) is 0 Å². The number of piperidine rings is 1. The Morgan fingerprint density at radius 3 is 2.25 bits per heavy atom. The normalized spacial score (nSPS) is 15.4. The van der Waals surface area contributed by atoms with Crippen LogP contribution in [0.15, 0.2) is 30.3 Å². The highest BCUT2D eigenvalue weighted by Gasteiger charge is 2.35. The Kier molecular flexibility index (Phi) is 7.51. The van der Waals surface area contributed by atoms with Gasteiger partial charge < -0.3 is 20.9 Å². The average Bonchev–Trinajstić information content (AvgIpc) is 2.54. The molecule has 0 atom stereocenters. The van der Waals surface area contributed by atoms with Crippen LogP contribution in [0.1, 0.15) is 26.7 Å². The Hall–Kier alpha value is -1.79. The second-order valence-corrected chi connectivity index (χ2v) is 6.43. The molecule has 1 heterocycles. The molecule has 0 unspecified atom stereocenters. The van der Waals surface area contributed by atoms with E-state index in [0.29, 0.717) is 11.7 Å². The fourth-order valence-corrected chi connectivity index (χ4v) is 2.79. The van der Waals surface area contributed by atoms with Crippen LogP contribution >= 0.6 is 12.4 Å². The van der Waals surface area contributed by atoms with Crippen LogP contribution in [0, 0.1) is 0 Å². The van der Waals surface area contributed by atoms with Crippen LogP contribution in [0.2, 0.25) is 0 Å². The van der Waals surface area contributed by atoms with Crippen molar-refractivity contribution in [2.45, 2.75) is 38.3 Å². The molecule has 0 aliphatic carbocycles. The molecule has 6 nitrogen and oxygen atoms in total. The summed E-state index contributed by atoms with van der Waals surface area (Å²) in [6.45, 7) is 4.92. The van der Waals surface area contributed by atoms with Crippen molar-refractivity contribution < 1.29 is 9.59 Å². The fourth-order valence-electron chi connectivity index (χ4n) is 2.79. The molecule has 0 aromatic heterocycles. The average molecular weight is 355 g/mol. The number of benzene rings is 1. The number of hydrogen-bond donors (Lipinski definition) is 3. The summed E-state index contributed by atoms with van der Waals surface area (Å²) >= 11 is 0. The molecular formula is C17H27ClN4O2. The minimum absolute atomic E-state index is 0. The van der Waals surface area contributed by atoms with E-state index in [1.165, 1.54) is 0 Å². The summed E-state index contributed by atoms with van der Waals surface area (Å²) < 4.78 is 0. The topological polar surface area (TPSA) is 73.5 Å². The Morgan fingerprint density at radius 1 is 1.12 bits per heavy atom. The second kappa shape index (κ2) is 8.89. The first-order valence-electron chi connectivity index (χ1n) is 8.03. The molecule has 0 bridgehead atoms. The van der Waals surface area contributed by atoms with Gasteiger partial charge >= 0.3 is 6.03 Å². The zero-order chi connectivity index (χ0) is 16.9. The number of urea groups is 1. The number of nitrogens with one attached hydrogen (secondary N) is 3. The molecule has 1 aromatic rings. The molecule has 1 saturated heterocycles. The van der Waals surface area contributed by atoms with E-state index in [9.17, 15) is 9.59 Å². The minimum Gasteiger partial charge on any atom is -0.341 e. The van der Waals surface area contributed by atoms with Gasteiger partial charge in [-0.15, -0.1) is 12.4 Å². The number of halogens is 1. The van der Waals surface area contributed by atoms with Crippen LogP contribution in [0.25, 0.3) is 0 Å². The van der Waals surface area contributed by atoms with E-state index in [1.54, 1.807) is 26.0 Å². The number of carbonyl (C=O) groups is 2. The largest absolute Gasteiger partial charge is 0.341 e. The standard InChI is InChI=1S/C17H26N4O2.ClH/c1-17(2,15(22)21-11-9-13(18-3)10-12-21)20-16(23)19-14-7-5-4-6-8-14;/h4-8,13,18H,9-12H2,1-3H3,(H2,19,20,23);1H. The first-order chi connectivity index (χ1) is 10.9. The van der Waals surface area contributed by atoms with Crippen molar-refractivity contribution in [2.24, 2.45) is 0 Å². The first-order valence-corrected chi connectivity index (χ1v) is 8.03. The lowest BCUT2D eigenvalue weighted by molar-refractivity contribution is -0.137. The maximum absolute atomic E-state index is 12.7. The van der Waals surface area contributed by atoms with Crippen molar-refractivity contribution in [3.63, 3.8) is 0 Å². The minimum atomic E-state index is -0.939. The SMILES string of the molecule is CNC1CCN(C(=O)C(C)(C)NC(=O)Nc2ccccc2)CC1.Cl. The number of hydrogen-bond acceptors (Lipinski definition) is 3. The lowest BCUT2D eigenvalue weighted by Crippen LogP contribution is -2.58. The van der Waals surface area contributed by atoms with E-state index in [0.717, 1.165) is 25.9 Å². The molecule has 0 saturated carbocycles. The third-order valence-corrected chi connectivity index (χ3v) is 4.18. The van der Waals surface area contributed by atoms with Gasteiger partial charge in [0.2, 0.25) is 5.91 Å². The van der Waals surface area contributed by atoms with E-state index >= 15 is 0 Å². The first kappa shape index (κ1) is 20.3. The van der Waals surface area contributed by atoms with Gasteiger partial charge in [-0.3, -0.25) is 4.79 Å².